The molecule has 1 heterocycles. The molecule has 0 aliphatic carbocycles. The molecular weight excluding hydrogens is 265 g/mol. The first-order chi connectivity index (χ1) is 8.45. The summed E-state index contributed by atoms with van der Waals surface area (Å²) in [6.07, 6.45) is -2.93. The van der Waals surface area contributed by atoms with Crippen LogP contribution in [0.2, 0.25) is 5.02 Å². The molecule has 18 heavy (non-hydrogen) atoms. The molecule has 2 nitrogen and oxygen atoms in total. The Morgan fingerprint density at radius 3 is 2.61 bits per heavy atom. The van der Waals surface area contributed by atoms with Gasteiger partial charge in [0.15, 0.2) is 0 Å². The van der Waals surface area contributed by atoms with Gasteiger partial charge in [-0.2, -0.15) is 13.2 Å². The van der Waals surface area contributed by atoms with E-state index in [-0.39, 0.29) is 11.1 Å². The summed E-state index contributed by atoms with van der Waals surface area (Å²) >= 11 is 5.95. The number of alkyl halides is 3. The van der Waals surface area contributed by atoms with E-state index >= 15 is 0 Å². The average Bonchev–Trinajstić information content (AvgIpc) is 2.32. The number of benzene rings is 1. The topological polar surface area (TPSA) is 24.9 Å². The van der Waals surface area contributed by atoms with Gasteiger partial charge in [0.2, 0.25) is 0 Å². The van der Waals surface area contributed by atoms with E-state index in [4.69, 9.17) is 11.6 Å². The summed E-state index contributed by atoms with van der Waals surface area (Å²) in [7, 11) is 1.27. The second-order valence-electron chi connectivity index (χ2n) is 3.80. The van der Waals surface area contributed by atoms with Crippen molar-refractivity contribution in [2.24, 2.45) is 0 Å². The fraction of sp³-hybridized carbons (Fsp3) is 0.250. The summed E-state index contributed by atoms with van der Waals surface area (Å²) in [6, 6.07) is 4.34. The maximum Gasteiger partial charge on any atom is 0.407 e. The van der Waals surface area contributed by atoms with Gasteiger partial charge in [0, 0.05) is 22.2 Å². The first kappa shape index (κ1) is 13.1. The normalized spacial score (nSPS) is 13.8. The molecule has 0 aliphatic heterocycles. The van der Waals surface area contributed by atoms with Crippen molar-refractivity contribution in [2.45, 2.75) is 12.2 Å². The molecule has 96 valence electrons. The minimum atomic E-state index is -4.38. The maximum atomic E-state index is 12.9. The van der Waals surface area contributed by atoms with Gasteiger partial charge in [-0.25, -0.2) is 0 Å². The number of fused-ring (bicyclic) bond motifs is 1. The highest BCUT2D eigenvalue weighted by atomic mass is 35.5. The van der Waals surface area contributed by atoms with Gasteiger partial charge < -0.3 is 5.32 Å². The Morgan fingerprint density at radius 2 is 2.00 bits per heavy atom. The van der Waals surface area contributed by atoms with E-state index in [0.29, 0.717) is 10.4 Å². The Hall–Kier alpha value is -1.33. The van der Waals surface area contributed by atoms with Gasteiger partial charge in [0.25, 0.3) is 0 Å². The van der Waals surface area contributed by atoms with Crippen LogP contribution in [-0.4, -0.2) is 18.2 Å². The third-order valence-electron chi connectivity index (χ3n) is 2.67. The van der Waals surface area contributed by atoms with Crippen LogP contribution in [0.15, 0.2) is 30.5 Å². The van der Waals surface area contributed by atoms with Crippen LogP contribution in [0.25, 0.3) is 10.9 Å². The van der Waals surface area contributed by atoms with Gasteiger partial charge in [0.1, 0.15) is 6.04 Å². The fourth-order valence-electron chi connectivity index (χ4n) is 1.89. The summed E-state index contributed by atoms with van der Waals surface area (Å²) in [5, 5.41) is 3.16. The summed E-state index contributed by atoms with van der Waals surface area (Å²) in [4.78, 5) is 4.00. The van der Waals surface area contributed by atoms with E-state index in [2.05, 4.69) is 10.3 Å². The molecule has 0 saturated heterocycles. The molecule has 1 aromatic carbocycles. The highest BCUT2D eigenvalue weighted by Gasteiger charge is 2.40. The van der Waals surface area contributed by atoms with Crippen molar-refractivity contribution in [3.8, 4) is 0 Å². The quantitative estimate of drug-likeness (QED) is 0.903. The second-order valence-corrected chi connectivity index (χ2v) is 4.21. The van der Waals surface area contributed by atoms with Crippen LogP contribution in [0, 0.1) is 0 Å². The van der Waals surface area contributed by atoms with Crippen molar-refractivity contribution in [3.05, 3.63) is 41.0 Å². The minimum absolute atomic E-state index is 0.0741. The minimum Gasteiger partial charge on any atom is -0.305 e. The Morgan fingerprint density at radius 1 is 1.28 bits per heavy atom. The number of rotatable bonds is 2. The van der Waals surface area contributed by atoms with Crippen molar-refractivity contribution in [1.29, 1.82) is 0 Å². The van der Waals surface area contributed by atoms with E-state index in [9.17, 15) is 13.2 Å². The largest absolute Gasteiger partial charge is 0.407 e. The molecule has 0 aliphatic rings. The highest BCUT2D eigenvalue weighted by molar-refractivity contribution is 6.35. The van der Waals surface area contributed by atoms with Gasteiger partial charge >= 0.3 is 6.18 Å². The van der Waals surface area contributed by atoms with Crippen LogP contribution in [-0.2, 0) is 0 Å². The summed E-state index contributed by atoms with van der Waals surface area (Å²) < 4.78 is 38.7. The highest BCUT2D eigenvalue weighted by Crippen LogP contribution is 2.36. The maximum absolute atomic E-state index is 12.9. The van der Waals surface area contributed by atoms with Crippen LogP contribution >= 0.6 is 11.6 Å². The Kier molecular flexibility index (Phi) is 3.45. The van der Waals surface area contributed by atoms with Crippen molar-refractivity contribution < 1.29 is 13.2 Å². The molecule has 1 unspecified atom stereocenters. The number of nitrogens with one attached hydrogen (secondary N) is 1. The predicted octanol–water partition coefficient (Wildman–Crippen LogP) is 3.71. The molecular formula is C12H10ClF3N2. The molecule has 0 radical (unpaired) electrons. The Labute approximate surface area is 107 Å². The zero-order chi connectivity index (χ0) is 13.3. The van der Waals surface area contributed by atoms with E-state index < -0.39 is 12.2 Å². The van der Waals surface area contributed by atoms with Gasteiger partial charge in [-0.15, -0.1) is 0 Å². The van der Waals surface area contributed by atoms with Crippen LogP contribution in [0.5, 0.6) is 0 Å². The number of halogens is 4. The molecule has 0 bridgehead atoms. The van der Waals surface area contributed by atoms with E-state index in [0.717, 1.165) is 0 Å². The van der Waals surface area contributed by atoms with Gasteiger partial charge in [-0.05, 0) is 25.2 Å². The second kappa shape index (κ2) is 4.74. The molecule has 2 aromatic rings. The van der Waals surface area contributed by atoms with Gasteiger partial charge in [-0.3, -0.25) is 4.98 Å². The number of hydrogen-bond acceptors (Lipinski definition) is 2. The van der Waals surface area contributed by atoms with Crippen LogP contribution in [0.4, 0.5) is 13.2 Å². The SMILES string of the molecule is CNC(c1ccc(Cl)c2cccnc12)C(F)(F)F. The first-order valence-electron chi connectivity index (χ1n) is 5.22. The summed E-state index contributed by atoms with van der Waals surface area (Å²) in [5.74, 6) is 0. The standard InChI is InChI=1S/C12H10ClF3N2/c1-17-11(12(14,15)16)8-4-5-9(13)7-3-2-6-18-10(7)8/h2-6,11,17H,1H3. The van der Waals surface area contributed by atoms with Crippen molar-refractivity contribution in [3.63, 3.8) is 0 Å². The lowest BCUT2D eigenvalue weighted by Crippen LogP contribution is -2.31. The van der Waals surface area contributed by atoms with Gasteiger partial charge in [-0.1, -0.05) is 17.7 Å². The Balaban J connectivity index is 2.68. The van der Waals surface area contributed by atoms with Crippen molar-refractivity contribution >= 4 is 22.5 Å². The zero-order valence-electron chi connectivity index (χ0n) is 9.42. The van der Waals surface area contributed by atoms with Gasteiger partial charge in [0.05, 0.1) is 5.52 Å². The molecule has 0 spiro atoms. The number of aromatic nitrogens is 1. The van der Waals surface area contributed by atoms with Crippen LogP contribution in [0.3, 0.4) is 0 Å². The molecule has 1 atom stereocenters. The molecule has 1 N–H and O–H groups in total. The Bertz CT molecular complexity index is 569. The molecule has 2 rings (SSSR count). The van der Waals surface area contributed by atoms with Crippen molar-refractivity contribution in [2.75, 3.05) is 7.05 Å². The average molecular weight is 275 g/mol. The van der Waals surface area contributed by atoms with Crippen molar-refractivity contribution in [1.82, 2.24) is 10.3 Å². The number of nitrogens with zero attached hydrogens (tertiary/aromatic N) is 1. The number of hydrogen-bond donors (Lipinski definition) is 1. The van der Waals surface area contributed by atoms with E-state index in [1.54, 1.807) is 12.1 Å². The van der Waals surface area contributed by atoms with E-state index in [1.807, 2.05) is 0 Å². The van der Waals surface area contributed by atoms with E-state index in [1.165, 1.54) is 25.4 Å². The third-order valence-corrected chi connectivity index (χ3v) is 3.00. The monoisotopic (exact) mass is 274 g/mol. The molecule has 0 fully saturated rings. The molecule has 0 saturated carbocycles. The summed E-state index contributed by atoms with van der Waals surface area (Å²) in [5.41, 5.74) is 0.340. The molecule has 6 heteroatoms. The zero-order valence-corrected chi connectivity index (χ0v) is 10.2. The van der Waals surface area contributed by atoms with Crippen LogP contribution < -0.4 is 5.32 Å². The first-order valence-corrected chi connectivity index (χ1v) is 5.60. The lowest BCUT2D eigenvalue weighted by atomic mass is 10.0. The smallest absolute Gasteiger partial charge is 0.305 e. The van der Waals surface area contributed by atoms with Crippen LogP contribution in [0.1, 0.15) is 11.6 Å². The molecule has 1 aromatic heterocycles. The third kappa shape index (κ3) is 2.28. The number of pyridine rings is 1. The lowest BCUT2D eigenvalue weighted by Gasteiger charge is -2.21. The molecule has 0 amide bonds. The summed E-state index contributed by atoms with van der Waals surface area (Å²) in [6.45, 7) is 0. The fourth-order valence-corrected chi connectivity index (χ4v) is 2.10. The predicted molar refractivity (Wildman–Crippen MR) is 64.6 cm³/mol. The lowest BCUT2D eigenvalue weighted by molar-refractivity contribution is -0.156.